The maximum absolute atomic E-state index is 13.7. The molecule has 0 saturated heterocycles. The SMILES string of the molecule is COc1cc(Br)ccc1C(O)c1ccc(F)c(F)c1F. The molecule has 0 heterocycles. The summed E-state index contributed by atoms with van der Waals surface area (Å²) in [6.45, 7) is 0. The predicted molar refractivity (Wildman–Crippen MR) is 71.1 cm³/mol. The molecule has 0 amide bonds. The zero-order chi connectivity index (χ0) is 14.9. The number of halogens is 4. The molecule has 2 aromatic rings. The van der Waals surface area contributed by atoms with E-state index in [1.54, 1.807) is 12.1 Å². The fourth-order valence-electron chi connectivity index (χ4n) is 1.83. The first-order chi connectivity index (χ1) is 9.45. The molecule has 1 N–H and O–H groups in total. The van der Waals surface area contributed by atoms with Gasteiger partial charge in [0.1, 0.15) is 11.9 Å². The number of benzene rings is 2. The smallest absolute Gasteiger partial charge is 0.194 e. The summed E-state index contributed by atoms with van der Waals surface area (Å²) >= 11 is 3.23. The highest BCUT2D eigenvalue weighted by Gasteiger charge is 2.22. The third-order valence-corrected chi connectivity index (χ3v) is 3.34. The van der Waals surface area contributed by atoms with Crippen molar-refractivity contribution in [1.29, 1.82) is 0 Å². The molecule has 0 aliphatic rings. The number of rotatable bonds is 3. The van der Waals surface area contributed by atoms with E-state index in [1.807, 2.05) is 0 Å². The third kappa shape index (κ3) is 2.66. The lowest BCUT2D eigenvalue weighted by Crippen LogP contribution is -2.07. The van der Waals surface area contributed by atoms with E-state index in [9.17, 15) is 18.3 Å². The molecule has 0 saturated carbocycles. The molecule has 0 fully saturated rings. The lowest BCUT2D eigenvalue weighted by atomic mass is 10.00. The highest BCUT2D eigenvalue weighted by atomic mass is 79.9. The molecule has 1 atom stereocenters. The molecule has 0 aliphatic carbocycles. The molecule has 2 aromatic carbocycles. The molecule has 0 aromatic heterocycles. The van der Waals surface area contributed by atoms with Gasteiger partial charge in [0, 0.05) is 15.6 Å². The first kappa shape index (κ1) is 14.9. The van der Waals surface area contributed by atoms with E-state index in [-0.39, 0.29) is 11.1 Å². The summed E-state index contributed by atoms with van der Waals surface area (Å²) in [4.78, 5) is 0. The van der Waals surface area contributed by atoms with Crippen molar-refractivity contribution < 1.29 is 23.0 Å². The van der Waals surface area contributed by atoms with Crippen LogP contribution < -0.4 is 4.74 Å². The molecule has 2 rings (SSSR count). The van der Waals surface area contributed by atoms with Crippen LogP contribution in [-0.4, -0.2) is 12.2 Å². The zero-order valence-electron chi connectivity index (χ0n) is 10.3. The number of hydrogen-bond donors (Lipinski definition) is 1. The highest BCUT2D eigenvalue weighted by molar-refractivity contribution is 9.10. The Balaban J connectivity index is 2.52. The van der Waals surface area contributed by atoms with Crippen molar-refractivity contribution in [2.75, 3.05) is 7.11 Å². The van der Waals surface area contributed by atoms with Crippen LogP contribution in [-0.2, 0) is 0 Å². The van der Waals surface area contributed by atoms with E-state index in [0.29, 0.717) is 10.2 Å². The molecule has 0 bridgehead atoms. The summed E-state index contributed by atoms with van der Waals surface area (Å²) in [5, 5.41) is 10.2. The van der Waals surface area contributed by atoms with Gasteiger partial charge in [-0.3, -0.25) is 0 Å². The third-order valence-electron chi connectivity index (χ3n) is 2.85. The fourth-order valence-corrected chi connectivity index (χ4v) is 2.17. The minimum absolute atomic E-state index is 0.251. The van der Waals surface area contributed by atoms with Crippen molar-refractivity contribution in [2.45, 2.75) is 6.10 Å². The second-order valence-electron chi connectivity index (χ2n) is 4.05. The molecule has 106 valence electrons. The second kappa shape index (κ2) is 5.85. The quantitative estimate of drug-likeness (QED) is 0.852. The van der Waals surface area contributed by atoms with Crippen LogP contribution >= 0.6 is 15.9 Å². The zero-order valence-corrected chi connectivity index (χ0v) is 11.9. The molecular formula is C14H10BrF3O2. The van der Waals surface area contributed by atoms with Crippen LogP contribution in [0.3, 0.4) is 0 Å². The van der Waals surface area contributed by atoms with Crippen molar-refractivity contribution in [2.24, 2.45) is 0 Å². The van der Waals surface area contributed by atoms with Crippen molar-refractivity contribution in [3.05, 3.63) is 63.4 Å². The van der Waals surface area contributed by atoms with Crippen LogP contribution in [0.5, 0.6) is 5.75 Å². The van der Waals surface area contributed by atoms with E-state index >= 15 is 0 Å². The van der Waals surface area contributed by atoms with Crippen LogP contribution in [0.2, 0.25) is 0 Å². The molecule has 0 radical (unpaired) electrons. The van der Waals surface area contributed by atoms with Crippen LogP contribution in [0.1, 0.15) is 17.2 Å². The van der Waals surface area contributed by atoms with Gasteiger partial charge in [0.25, 0.3) is 0 Å². The first-order valence-corrected chi connectivity index (χ1v) is 6.40. The Labute approximate surface area is 121 Å². The van der Waals surface area contributed by atoms with Crippen LogP contribution in [0.4, 0.5) is 13.2 Å². The molecule has 20 heavy (non-hydrogen) atoms. The summed E-state index contributed by atoms with van der Waals surface area (Å²) < 4.78 is 45.6. The molecule has 0 aliphatic heterocycles. The predicted octanol–water partition coefficient (Wildman–Crippen LogP) is 3.96. The van der Waals surface area contributed by atoms with Crippen LogP contribution in [0.15, 0.2) is 34.8 Å². The summed E-state index contributed by atoms with van der Waals surface area (Å²) in [5.41, 5.74) is -0.106. The van der Waals surface area contributed by atoms with E-state index in [4.69, 9.17) is 4.74 Å². The van der Waals surface area contributed by atoms with Gasteiger partial charge in [0.05, 0.1) is 7.11 Å². The molecular weight excluding hydrogens is 337 g/mol. The van der Waals surface area contributed by atoms with Gasteiger partial charge in [-0.1, -0.05) is 28.1 Å². The number of methoxy groups -OCH3 is 1. The van der Waals surface area contributed by atoms with Gasteiger partial charge in [-0.05, 0) is 18.2 Å². The van der Waals surface area contributed by atoms with Gasteiger partial charge in [-0.15, -0.1) is 0 Å². The molecule has 0 spiro atoms. The van der Waals surface area contributed by atoms with Crippen molar-refractivity contribution in [1.82, 2.24) is 0 Å². The summed E-state index contributed by atoms with van der Waals surface area (Å²) in [6.07, 6.45) is -1.46. The number of hydrogen-bond acceptors (Lipinski definition) is 2. The maximum atomic E-state index is 13.7. The highest BCUT2D eigenvalue weighted by Crippen LogP contribution is 2.34. The molecule has 2 nitrogen and oxygen atoms in total. The van der Waals surface area contributed by atoms with Crippen molar-refractivity contribution >= 4 is 15.9 Å². The monoisotopic (exact) mass is 346 g/mol. The maximum Gasteiger partial charge on any atom is 0.194 e. The van der Waals surface area contributed by atoms with Gasteiger partial charge in [0.2, 0.25) is 0 Å². The summed E-state index contributed by atoms with van der Waals surface area (Å²) in [5.74, 6) is -4.03. The molecule has 6 heteroatoms. The van der Waals surface area contributed by atoms with Crippen LogP contribution in [0, 0.1) is 17.5 Å². The van der Waals surface area contributed by atoms with Gasteiger partial charge >= 0.3 is 0 Å². The topological polar surface area (TPSA) is 29.5 Å². The number of ether oxygens (including phenoxy) is 1. The van der Waals surface area contributed by atoms with Crippen LogP contribution in [0.25, 0.3) is 0 Å². The minimum atomic E-state index is -1.61. The Morgan fingerprint density at radius 2 is 1.70 bits per heavy atom. The standard InChI is InChI=1S/C14H10BrF3O2/c1-20-11-6-7(15)2-3-8(11)14(19)9-4-5-10(16)13(18)12(9)17/h2-6,14,19H,1H3. The largest absolute Gasteiger partial charge is 0.496 e. The van der Waals surface area contributed by atoms with E-state index in [0.717, 1.165) is 12.1 Å². The Morgan fingerprint density at radius 1 is 1.05 bits per heavy atom. The van der Waals surface area contributed by atoms with Gasteiger partial charge < -0.3 is 9.84 Å². The summed E-state index contributed by atoms with van der Waals surface area (Å²) in [6, 6.07) is 6.48. The number of aliphatic hydroxyl groups excluding tert-OH is 1. The van der Waals surface area contributed by atoms with E-state index < -0.39 is 23.6 Å². The fraction of sp³-hybridized carbons (Fsp3) is 0.143. The average Bonchev–Trinajstić information content (AvgIpc) is 2.44. The van der Waals surface area contributed by atoms with Crippen molar-refractivity contribution in [3.63, 3.8) is 0 Å². The lowest BCUT2D eigenvalue weighted by molar-refractivity contribution is 0.207. The summed E-state index contributed by atoms with van der Waals surface area (Å²) in [7, 11) is 1.39. The van der Waals surface area contributed by atoms with E-state index in [1.165, 1.54) is 13.2 Å². The lowest BCUT2D eigenvalue weighted by Gasteiger charge is -2.16. The molecule has 1 unspecified atom stereocenters. The normalized spacial score (nSPS) is 12.3. The van der Waals surface area contributed by atoms with Gasteiger partial charge in [-0.25, -0.2) is 13.2 Å². The second-order valence-corrected chi connectivity index (χ2v) is 4.97. The van der Waals surface area contributed by atoms with E-state index in [2.05, 4.69) is 15.9 Å². The van der Waals surface area contributed by atoms with Crippen molar-refractivity contribution in [3.8, 4) is 5.75 Å². The Hall–Kier alpha value is -1.53. The first-order valence-electron chi connectivity index (χ1n) is 5.60. The Morgan fingerprint density at radius 3 is 2.35 bits per heavy atom. The number of aliphatic hydroxyl groups is 1. The minimum Gasteiger partial charge on any atom is -0.496 e. The van der Waals surface area contributed by atoms with Gasteiger partial charge in [-0.2, -0.15) is 0 Å². The average molecular weight is 347 g/mol. The Bertz CT molecular complexity index is 647. The Kier molecular flexibility index (Phi) is 4.35. The van der Waals surface area contributed by atoms with Gasteiger partial charge in [0.15, 0.2) is 17.5 Å².